The molecule has 0 saturated carbocycles. The van der Waals surface area contributed by atoms with Gasteiger partial charge >= 0.3 is 0 Å². The number of anilines is 1. The standard InChI is InChI=1S/C14H18N2S/c1-5-15-12-8-7-9-13(10-12)17-14(11(3)4)16-6-2/h5-10,15H,1H2,2-4H3. The minimum Gasteiger partial charge on any atom is -0.362 e. The van der Waals surface area contributed by atoms with E-state index in [9.17, 15) is 0 Å². The van der Waals surface area contributed by atoms with E-state index in [1.165, 1.54) is 10.5 Å². The molecule has 1 aromatic carbocycles. The Morgan fingerprint density at radius 2 is 2.18 bits per heavy atom. The zero-order chi connectivity index (χ0) is 12.7. The third kappa shape index (κ3) is 4.49. The van der Waals surface area contributed by atoms with Gasteiger partial charge < -0.3 is 5.32 Å². The normalized spacial score (nSPS) is 10.3. The van der Waals surface area contributed by atoms with Gasteiger partial charge in [-0.2, -0.15) is 0 Å². The van der Waals surface area contributed by atoms with Crippen molar-refractivity contribution in [3.8, 4) is 0 Å². The van der Waals surface area contributed by atoms with Crippen LogP contribution in [0.15, 0.2) is 57.5 Å². The molecule has 0 aromatic heterocycles. The first kappa shape index (κ1) is 13.6. The molecule has 1 aromatic rings. The second-order valence-electron chi connectivity index (χ2n) is 3.67. The van der Waals surface area contributed by atoms with Gasteiger partial charge in [-0.3, -0.25) is 4.99 Å². The Balaban J connectivity index is 2.90. The van der Waals surface area contributed by atoms with Gasteiger partial charge in [0.05, 0.1) is 5.03 Å². The van der Waals surface area contributed by atoms with Crippen molar-refractivity contribution >= 4 is 23.7 Å². The number of hydrogen-bond acceptors (Lipinski definition) is 3. The van der Waals surface area contributed by atoms with Crippen molar-refractivity contribution < 1.29 is 0 Å². The van der Waals surface area contributed by atoms with Gasteiger partial charge in [-0.05, 0) is 50.7 Å². The van der Waals surface area contributed by atoms with Gasteiger partial charge in [-0.1, -0.05) is 24.4 Å². The minimum absolute atomic E-state index is 1.04. The molecule has 0 aliphatic carbocycles. The second kappa shape index (κ2) is 6.97. The van der Waals surface area contributed by atoms with Crippen molar-refractivity contribution in [1.82, 2.24) is 0 Å². The summed E-state index contributed by atoms with van der Waals surface area (Å²) in [5.41, 5.74) is 2.26. The predicted octanol–water partition coefficient (Wildman–Crippen LogP) is 4.68. The van der Waals surface area contributed by atoms with Crippen LogP contribution >= 0.6 is 11.8 Å². The first-order valence-electron chi connectivity index (χ1n) is 5.49. The lowest BCUT2D eigenvalue weighted by atomic mass is 10.3. The molecule has 0 aliphatic heterocycles. The fourth-order valence-corrected chi connectivity index (χ4v) is 2.17. The second-order valence-corrected chi connectivity index (χ2v) is 4.73. The van der Waals surface area contributed by atoms with Gasteiger partial charge in [0.2, 0.25) is 0 Å². The first-order chi connectivity index (χ1) is 8.17. The topological polar surface area (TPSA) is 24.4 Å². The van der Waals surface area contributed by atoms with E-state index in [-0.39, 0.29) is 0 Å². The summed E-state index contributed by atoms with van der Waals surface area (Å²) in [6.07, 6.45) is 3.50. The van der Waals surface area contributed by atoms with Crippen LogP contribution in [0.5, 0.6) is 0 Å². The Kier molecular flexibility index (Phi) is 5.57. The Bertz CT molecular complexity index is 443. The monoisotopic (exact) mass is 246 g/mol. The average Bonchev–Trinajstić information content (AvgIpc) is 2.29. The molecule has 3 heteroatoms. The molecule has 0 bridgehead atoms. The lowest BCUT2D eigenvalue weighted by Gasteiger charge is -2.06. The average molecular weight is 246 g/mol. The van der Waals surface area contributed by atoms with Gasteiger partial charge in [0.25, 0.3) is 0 Å². The van der Waals surface area contributed by atoms with Crippen LogP contribution in [0.3, 0.4) is 0 Å². The summed E-state index contributed by atoms with van der Waals surface area (Å²) in [4.78, 5) is 5.54. The maximum Gasteiger partial charge on any atom is 0.0989 e. The molecule has 90 valence electrons. The van der Waals surface area contributed by atoms with E-state index in [1.807, 2.05) is 25.3 Å². The highest BCUT2D eigenvalue weighted by molar-refractivity contribution is 8.03. The summed E-state index contributed by atoms with van der Waals surface area (Å²) in [6.45, 7) is 9.72. The summed E-state index contributed by atoms with van der Waals surface area (Å²) < 4.78 is 0. The van der Waals surface area contributed by atoms with Crippen LogP contribution in [0.25, 0.3) is 0 Å². The molecule has 0 fully saturated rings. The summed E-state index contributed by atoms with van der Waals surface area (Å²) in [5.74, 6) is 0. The largest absolute Gasteiger partial charge is 0.362 e. The van der Waals surface area contributed by atoms with Crippen LogP contribution < -0.4 is 5.32 Å². The number of nitrogens with one attached hydrogen (secondary N) is 1. The fraction of sp³-hybridized carbons (Fsp3) is 0.214. The summed E-state index contributed by atoms with van der Waals surface area (Å²) in [7, 11) is 0. The molecule has 0 aliphatic rings. The molecule has 1 N–H and O–H groups in total. The highest BCUT2D eigenvalue weighted by Crippen LogP contribution is 2.31. The van der Waals surface area contributed by atoms with E-state index in [0.717, 1.165) is 10.7 Å². The lowest BCUT2D eigenvalue weighted by Crippen LogP contribution is -1.86. The quantitative estimate of drug-likeness (QED) is 0.602. The van der Waals surface area contributed by atoms with E-state index < -0.39 is 0 Å². The molecule has 0 heterocycles. The van der Waals surface area contributed by atoms with Gasteiger partial charge in [0.15, 0.2) is 0 Å². The minimum atomic E-state index is 1.04. The first-order valence-corrected chi connectivity index (χ1v) is 6.30. The number of nitrogens with zero attached hydrogens (tertiary/aromatic N) is 1. The SMILES string of the molecule is C=CNc1cccc(SC(N=CC)=C(C)C)c1. The number of allylic oxidation sites excluding steroid dienone is 1. The maximum absolute atomic E-state index is 4.37. The van der Waals surface area contributed by atoms with E-state index in [2.05, 4.69) is 42.9 Å². The van der Waals surface area contributed by atoms with Crippen LogP contribution in [0.2, 0.25) is 0 Å². The predicted molar refractivity (Wildman–Crippen MR) is 78.7 cm³/mol. The van der Waals surface area contributed by atoms with E-state index in [4.69, 9.17) is 0 Å². The van der Waals surface area contributed by atoms with Crippen LogP contribution in [0.4, 0.5) is 5.69 Å². The van der Waals surface area contributed by atoms with E-state index in [1.54, 1.807) is 18.0 Å². The Hall–Kier alpha value is -1.48. The number of rotatable bonds is 5. The van der Waals surface area contributed by atoms with Gasteiger partial charge in [-0.25, -0.2) is 0 Å². The summed E-state index contributed by atoms with van der Waals surface area (Å²) >= 11 is 1.67. The van der Waals surface area contributed by atoms with Crippen LogP contribution in [-0.4, -0.2) is 6.21 Å². The maximum atomic E-state index is 4.37. The lowest BCUT2D eigenvalue weighted by molar-refractivity contribution is 1.30. The van der Waals surface area contributed by atoms with Gasteiger partial charge in [0, 0.05) is 16.8 Å². The van der Waals surface area contributed by atoms with Crippen LogP contribution in [0, 0.1) is 0 Å². The number of aliphatic imine (C=N–C) groups is 1. The van der Waals surface area contributed by atoms with Crippen molar-refractivity contribution in [2.24, 2.45) is 4.99 Å². The van der Waals surface area contributed by atoms with Gasteiger partial charge in [0.1, 0.15) is 0 Å². The third-order valence-corrected chi connectivity index (χ3v) is 3.19. The van der Waals surface area contributed by atoms with Gasteiger partial charge in [-0.15, -0.1) is 0 Å². The summed E-state index contributed by atoms with van der Waals surface area (Å²) in [5, 5.41) is 4.12. The van der Waals surface area contributed by atoms with Crippen molar-refractivity contribution in [3.05, 3.63) is 47.6 Å². The van der Waals surface area contributed by atoms with Crippen molar-refractivity contribution in [2.75, 3.05) is 5.32 Å². The zero-order valence-electron chi connectivity index (χ0n) is 10.5. The number of benzene rings is 1. The zero-order valence-corrected chi connectivity index (χ0v) is 11.3. The molecule has 2 nitrogen and oxygen atoms in total. The van der Waals surface area contributed by atoms with E-state index >= 15 is 0 Å². The molecule has 0 saturated heterocycles. The van der Waals surface area contributed by atoms with E-state index in [0.29, 0.717) is 0 Å². The Labute approximate surface area is 108 Å². The third-order valence-electron chi connectivity index (χ3n) is 1.99. The molecule has 0 radical (unpaired) electrons. The van der Waals surface area contributed by atoms with Crippen molar-refractivity contribution in [2.45, 2.75) is 25.7 Å². The molecular weight excluding hydrogens is 228 g/mol. The molecule has 1 rings (SSSR count). The fourth-order valence-electron chi connectivity index (χ4n) is 1.25. The van der Waals surface area contributed by atoms with Crippen molar-refractivity contribution in [1.29, 1.82) is 0 Å². The smallest absolute Gasteiger partial charge is 0.0989 e. The summed E-state index contributed by atoms with van der Waals surface area (Å²) in [6, 6.07) is 8.19. The molecule has 17 heavy (non-hydrogen) atoms. The molecule has 0 amide bonds. The van der Waals surface area contributed by atoms with Crippen molar-refractivity contribution in [3.63, 3.8) is 0 Å². The molecule has 0 unspecified atom stereocenters. The number of hydrogen-bond donors (Lipinski definition) is 1. The Morgan fingerprint density at radius 3 is 2.76 bits per heavy atom. The Morgan fingerprint density at radius 1 is 1.41 bits per heavy atom. The number of thioether (sulfide) groups is 1. The highest BCUT2D eigenvalue weighted by Gasteiger charge is 2.01. The van der Waals surface area contributed by atoms with Crippen LogP contribution in [-0.2, 0) is 0 Å². The van der Waals surface area contributed by atoms with Crippen LogP contribution in [0.1, 0.15) is 20.8 Å². The molecule has 0 spiro atoms. The highest BCUT2D eigenvalue weighted by atomic mass is 32.2. The molecule has 0 atom stereocenters. The molecular formula is C14H18N2S.